The second-order valence-electron chi connectivity index (χ2n) is 4.83. The molecule has 0 bridgehead atoms. The molecular formula is C14H17Cl3O. The van der Waals surface area contributed by atoms with E-state index in [-0.39, 0.29) is 16.9 Å². The molecule has 0 radical (unpaired) electrons. The van der Waals surface area contributed by atoms with E-state index < -0.39 is 0 Å². The Morgan fingerprint density at radius 2 is 1.89 bits per heavy atom. The zero-order valence-corrected chi connectivity index (χ0v) is 12.8. The van der Waals surface area contributed by atoms with Crippen LogP contribution in [0.1, 0.15) is 33.1 Å². The fourth-order valence-electron chi connectivity index (χ4n) is 2.73. The Hall–Kier alpha value is -0.110. The van der Waals surface area contributed by atoms with Crippen molar-refractivity contribution < 1.29 is 4.74 Å². The first-order valence-electron chi connectivity index (χ1n) is 6.29. The van der Waals surface area contributed by atoms with Gasteiger partial charge in [-0.3, -0.25) is 0 Å². The molecule has 0 heterocycles. The van der Waals surface area contributed by atoms with Crippen molar-refractivity contribution in [2.75, 3.05) is 0 Å². The molecule has 0 saturated heterocycles. The van der Waals surface area contributed by atoms with E-state index >= 15 is 0 Å². The molecule has 1 nitrogen and oxygen atoms in total. The second-order valence-corrected chi connectivity index (χ2v) is 6.17. The molecule has 1 aromatic rings. The molecule has 0 aliphatic heterocycles. The summed E-state index contributed by atoms with van der Waals surface area (Å²) in [6.07, 6.45) is 3.13. The van der Waals surface area contributed by atoms with Crippen molar-refractivity contribution in [2.24, 2.45) is 5.41 Å². The lowest BCUT2D eigenvalue weighted by Gasteiger charge is -2.52. The molecule has 1 aliphatic carbocycles. The van der Waals surface area contributed by atoms with Gasteiger partial charge in [0, 0.05) is 23.3 Å². The van der Waals surface area contributed by atoms with Crippen LogP contribution in [0.5, 0.6) is 5.75 Å². The van der Waals surface area contributed by atoms with E-state index in [2.05, 4.69) is 13.8 Å². The van der Waals surface area contributed by atoms with Gasteiger partial charge in [-0.25, -0.2) is 0 Å². The lowest BCUT2D eigenvalue weighted by atomic mass is 9.62. The van der Waals surface area contributed by atoms with Gasteiger partial charge in [0.2, 0.25) is 0 Å². The van der Waals surface area contributed by atoms with E-state index in [1.54, 1.807) is 12.1 Å². The minimum atomic E-state index is 0.0909. The number of hydrogen-bond acceptors (Lipinski definition) is 1. The molecule has 0 N–H and O–H groups in total. The third-order valence-electron chi connectivity index (χ3n) is 4.17. The maximum Gasteiger partial charge on any atom is 0.121 e. The molecule has 4 heteroatoms. The van der Waals surface area contributed by atoms with E-state index in [1.165, 1.54) is 0 Å². The number of ether oxygens (including phenoxy) is 1. The van der Waals surface area contributed by atoms with Crippen LogP contribution in [0.15, 0.2) is 18.2 Å². The highest BCUT2D eigenvalue weighted by molar-refractivity contribution is 6.42. The van der Waals surface area contributed by atoms with Gasteiger partial charge in [0.25, 0.3) is 0 Å². The van der Waals surface area contributed by atoms with Gasteiger partial charge in [-0.15, -0.1) is 11.6 Å². The first kappa shape index (κ1) is 14.3. The SMILES string of the molecule is CCC1(CC)C(Cl)CC1Oc1ccc(Cl)c(Cl)c1. The van der Waals surface area contributed by atoms with Gasteiger partial charge in [-0.1, -0.05) is 37.0 Å². The smallest absolute Gasteiger partial charge is 0.121 e. The minimum absolute atomic E-state index is 0.0909. The van der Waals surface area contributed by atoms with Gasteiger partial charge in [0.05, 0.1) is 10.0 Å². The van der Waals surface area contributed by atoms with Crippen molar-refractivity contribution >= 4 is 34.8 Å². The predicted octanol–water partition coefficient (Wildman–Crippen LogP) is 5.56. The number of rotatable bonds is 4. The number of benzene rings is 1. The van der Waals surface area contributed by atoms with Crippen LogP contribution in [0.2, 0.25) is 10.0 Å². The fourth-order valence-corrected chi connectivity index (χ4v) is 3.63. The Balaban J connectivity index is 2.12. The highest BCUT2D eigenvalue weighted by Crippen LogP contribution is 2.52. The molecule has 1 aromatic carbocycles. The Bertz CT molecular complexity index is 429. The van der Waals surface area contributed by atoms with Gasteiger partial charge in [0.15, 0.2) is 0 Å². The lowest BCUT2D eigenvalue weighted by Crippen LogP contribution is -2.56. The van der Waals surface area contributed by atoms with Crippen molar-refractivity contribution in [1.29, 1.82) is 0 Å². The van der Waals surface area contributed by atoms with Crippen molar-refractivity contribution in [1.82, 2.24) is 0 Å². The van der Waals surface area contributed by atoms with Gasteiger partial charge in [-0.2, -0.15) is 0 Å². The third kappa shape index (κ3) is 2.33. The largest absolute Gasteiger partial charge is 0.490 e. The number of hydrogen-bond donors (Lipinski definition) is 0. The molecule has 100 valence electrons. The maximum absolute atomic E-state index is 6.36. The van der Waals surface area contributed by atoms with Crippen LogP contribution in [0.25, 0.3) is 0 Å². The molecular weight excluding hydrogens is 291 g/mol. The van der Waals surface area contributed by atoms with Gasteiger partial charge in [0.1, 0.15) is 11.9 Å². The summed E-state index contributed by atoms with van der Waals surface area (Å²) in [7, 11) is 0. The highest BCUT2D eigenvalue weighted by atomic mass is 35.5. The number of alkyl halides is 1. The van der Waals surface area contributed by atoms with E-state index in [0.29, 0.717) is 10.0 Å². The first-order valence-corrected chi connectivity index (χ1v) is 7.48. The zero-order chi connectivity index (χ0) is 13.3. The summed E-state index contributed by atoms with van der Waals surface area (Å²) in [5.74, 6) is 0.768. The van der Waals surface area contributed by atoms with Gasteiger partial charge < -0.3 is 4.74 Å². The Morgan fingerprint density at radius 3 is 2.39 bits per heavy atom. The number of halogens is 3. The maximum atomic E-state index is 6.36. The van der Waals surface area contributed by atoms with E-state index in [1.807, 2.05) is 6.07 Å². The standard InChI is InChI=1S/C14H17Cl3O/c1-3-14(4-2)12(17)8-13(14)18-9-5-6-10(15)11(16)7-9/h5-7,12-13H,3-4,8H2,1-2H3. The Morgan fingerprint density at radius 1 is 1.22 bits per heavy atom. The molecule has 1 saturated carbocycles. The summed E-state index contributed by atoms with van der Waals surface area (Å²) in [5.41, 5.74) is 0.0909. The van der Waals surface area contributed by atoms with E-state index in [0.717, 1.165) is 25.0 Å². The molecule has 2 rings (SSSR count). The van der Waals surface area contributed by atoms with E-state index in [9.17, 15) is 0 Å². The zero-order valence-electron chi connectivity index (χ0n) is 10.6. The van der Waals surface area contributed by atoms with Crippen LogP contribution in [-0.2, 0) is 0 Å². The average Bonchev–Trinajstić information content (AvgIpc) is 2.35. The summed E-state index contributed by atoms with van der Waals surface area (Å²) in [6, 6.07) is 5.38. The van der Waals surface area contributed by atoms with Crippen LogP contribution in [0.3, 0.4) is 0 Å². The van der Waals surface area contributed by atoms with Crippen LogP contribution >= 0.6 is 34.8 Å². The summed E-state index contributed by atoms with van der Waals surface area (Å²) >= 11 is 18.2. The molecule has 0 spiro atoms. The van der Waals surface area contributed by atoms with Crippen molar-refractivity contribution in [3.8, 4) is 5.75 Å². The topological polar surface area (TPSA) is 9.23 Å². The Kier molecular flexibility index (Phi) is 4.36. The summed E-state index contributed by atoms with van der Waals surface area (Å²) in [4.78, 5) is 0. The molecule has 2 atom stereocenters. The van der Waals surface area contributed by atoms with Crippen molar-refractivity contribution in [2.45, 2.75) is 44.6 Å². The van der Waals surface area contributed by atoms with Crippen LogP contribution in [0, 0.1) is 5.41 Å². The van der Waals surface area contributed by atoms with Gasteiger partial charge >= 0.3 is 0 Å². The summed E-state index contributed by atoms with van der Waals surface area (Å²) in [6.45, 7) is 4.34. The highest BCUT2D eigenvalue weighted by Gasteiger charge is 2.53. The Labute approximate surface area is 123 Å². The molecule has 0 aromatic heterocycles. The van der Waals surface area contributed by atoms with Gasteiger partial charge in [-0.05, 0) is 25.0 Å². The van der Waals surface area contributed by atoms with Crippen molar-refractivity contribution in [3.05, 3.63) is 28.2 Å². The quantitative estimate of drug-likeness (QED) is 0.662. The molecule has 0 amide bonds. The molecule has 1 fully saturated rings. The fraction of sp³-hybridized carbons (Fsp3) is 0.571. The molecule has 18 heavy (non-hydrogen) atoms. The monoisotopic (exact) mass is 306 g/mol. The first-order chi connectivity index (χ1) is 8.53. The van der Waals surface area contributed by atoms with E-state index in [4.69, 9.17) is 39.5 Å². The van der Waals surface area contributed by atoms with Crippen LogP contribution in [0.4, 0.5) is 0 Å². The van der Waals surface area contributed by atoms with Crippen LogP contribution in [-0.4, -0.2) is 11.5 Å². The normalized spacial score (nSPS) is 25.6. The molecule has 2 unspecified atom stereocenters. The summed E-state index contributed by atoms with van der Waals surface area (Å²) < 4.78 is 6.03. The van der Waals surface area contributed by atoms with Crippen LogP contribution < -0.4 is 4.74 Å². The average molecular weight is 308 g/mol. The lowest BCUT2D eigenvalue weighted by molar-refractivity contribution is -0.0461. The third-order valence-corrected chi connectivity index (χ3v) is 5.52. The second kappa shape index (κ2) is 5.48. The molecule has 1 aliphatic rings. The van der Waals surface area contributed by atoms with Crippen molar-refractivity contribution in [3.63, 3.8) is 0 Å². The minimum Gasteiger partial charge on any atom is -0.490 e. The summed E-state index contributed by atoms with van der Waals surface area (Å²) in [5, 5.41) is 1.28. The predicted molar refractivity (Wildman–Crippen MR) is 78.2 cm³/mol.